The number of hydrogen-bond donors (Lipinski definition) is 1. The average molecular weight is 301 g/mol. The van der Waals surface area contributed by atoms with Gasteiger partial charge in [0.15, 0.2) is 0 Å². The molecule has 1 aromatic carbocycles. The molecule has 0 saturated heterocycles. The van der Waals surface area contributed by atoms with Crippen LogP contribution in [0.1, 0.15) is 11.1 Å². The van der Waals surface area contributed by atoms with Crippen LogP contribution >= 0.6 is 11.8 Å². The van der Waals surface area contributed by atoms with E-state index in [-0.39, 0.29) is 0 Å². The fraction of sp³-hybridized carbons (Fsp3) is 0.133. The van der Waals surface area contributed by atoms with Crippen LogP contribution in [0.3, 0.4) is 0 Å². The molecule has 6 heteroatoms. The number of aryl methyl sites for hydroxylation is 1. The highest BCUT2D eigenvalue weighted by Crippen LogP contribution is 2.12. The van der Waals surface area contributed by atoms with Crippen LogP contribution in [0.25, 0.3) is 12.2 Å². The Labute approximate surface area is 126 Å². The number of nitroso groups, excluding NO2 is 1. The first-order valence-electron chi connectivity index (χ1n) is 6.37. The number of rotatable bonds is 5. The van der Waals surface area contributed by atoms with E-state index in [4.69, 9.17) is 5.73 Å². The molecule has 1 amide bonds. The van der Waals surface area contributed by atoms with Gasteiger partial charge in [0.05, 0.1) is 0 Å². The quantitative estimate of drug-likeness (QED) is 0.672. The summed E-state index contributed by atoms with van der Waals surface area (Å²) in [6.45, 7) is 0.654. The van der Waals surface area contributed by atoms with E-state index in [0.29, 0.717) is 12.3 Å². The SMILES string of the molecule is Nc1ccc(/C=C/c2ccn(CCSC(=O)N=O)c2)cc1. The number of nitrogens with two attached hydrogens (primary N) is 1. The highest BCUT2D eigenvalue weighted by molar-refractivity contribution is 8.13. The Hall–Kier alpha value is -2.34. The van der Waals surface area contributed by atoms with Gasteiger partial charge in [-0.3, -0.25) is 4.79 Å². The maximum atomic E-state index is 10.7. The molecule has 0 fully saturated rings. The molecule has 1 aromatic heterocycles. The van der Waals surface area contributed by atoms with Gasteiger partial charge in [-0.15, -0.1) is 4.91 Å². The van der Waals surface area contributed by atoms with Crippen LogP contribution in [0.5, 0.6) is 0 Å². The van der Waals surface area contributed by atoms with Gasteiger partial charge in [-0.2, -0.15) is 0 Å². The number of nitrogens with zero attached hydrogens (tertiary/aromatic N) is 2. The van der Waals surface area contributed by atoms with E-state index >= 15 is 0 Å². The Morgan fingerprint density at radius 3 is 2.62 bits per heavy atom. The van der Waals surface area contributed by atoms with Crippen LogP contribution in [0.15, 0.2) is 47.9 Å². The molecule has 0 spiro atoms. The maximum Gasteiger partial charge on any atom is 0.343 e. The van der Waals surface area contributed by atoms with Crippen molar-refractivity contribution < 1.29 is 4.79 Å². The zero-order valence-corrected chi connectivity index (χ0v) is 12.1. The van der Waals surface area contributed by atoms with E-state index in [1.807, 2.05) is 59.4 Å². The third-order valence-electron chi connectivity index (χ3n) is 2.83. The topological polar surface area (TPSA) is 77.4 Å². The Balaban J connectivity index is 1.89. The largest absolute Gasteiger partial charge is 0.399 e. The summed E-state index contributed by atoms with van der Waals surface area (Å²) < 4.78 is 1.97. The number of nitrogen functional groups attached to an aromatic ring is 1. The average Bonchev–Trinajstić information content (AvgIpc) is 2.94. The number of carbonyl (C=O) groups is 1. The summed E-state index contributed by atoms with van der Waals surface area (Å²) in [7, 11) is 0. The second-order valence-corrected chi connectivity index (χ2v) is 5.43. The van der Waals surface area contributed by atoms with Crippen LogP contribution in [0, 0.1) is 4.91 Å². The maximum absolute atomic E-state index is 10.7. The molecule has 2 aromatic rings. The molecule has 0 bridgehead atoms. The monoisotopic (exact) mass is 301 g/mol. The fourth-order valence-corrected chi connectivity index (χ4v) is 2.29. The van der Waals surface area contributed by atoms with Gasteiger partial charge in [0.25, 0.3) is 0 Å². The number of aromatic nitrogens is 1. The van der Waals surface area contributed by atoms with Crippen molar-refractivity contribution in [1.82, 2.24) is 4.57 Å². The van der Waals surface area contributed by atoms with Gasteiger partial charge in [0, 0.05) is 35.6 Å². The first-order valence-corrected chi connectivity index (χ1v) is 7.35. The molecule has 2 N–H and O–H groups in total. The normalized spacial score (nSPS) is 10.9. The highest BCUT2D eigenvalue weighted by atomic mass is 32.2. The van der Waals surface area contributed by atoms with Crippen LogP contribution in [-0.4, -0.2) is 15.6 Å². The van der Waals surface area contributed by atoms with Gasteiger partial charge < -0.3 is 10.3 Å². The second-order valence-electron chi connectivity index (χ2n) is 4.39. The van der Waals surface area contributed by atoms with Crippen molar-refractivity contribution in [2.75, 3.05) is 11.5 Å². The van der Waals surface area contributed by atoms with E-state index < -0.39 is 5.24 Å². The van der Waals surface area contributed by atoms with Crippen LogP contribution in [0.4, 0.5) is 10.5 Å². The first-order chi connectivity index (χ1) is 10.2. The third-order valence-corrected chi connectivity index (χ3v) is 3.54. The molecule has 0 aliphatic rings. The zero-order valence-electron chi connectivity index (χ0n) is 11.3. The number of hydrogen-bond acceptors (Lipinski definition) is 4. The number of benzene rings is 1. The van der Waals surface area contributed by atoms with Gasteiger partial charge in [-0.25, -0.2) is 0 Å². The number of carbonyl (C=O) groups excluding carboxylic acids is 1. The molecule has 21 heavy (non-hydrogen) atoms. The second kappa shape index (κ2) is 7.44. The first kappa shape index (κ1) is 15.1. The highest BCUT2D eigenvalue weighted by Gasteiger charge is 2.01. The lowest BCUT2D eigenvalue weighted by atomic mass is 10.2. The minimum Gasteiger partial charge on any atom is -0.399 e. The number of thioether (sulfide) groups is 1. The van der Waals surface area contributed by atoms with Gasteiger partial charge in [0.1, 0.15) is 0 Å². The molecule has 0 radical (unpaired) electrons. The lowest BCUT2D eigenvalue weighted by molar-refractivity contribution is 0.267. The van der Waals surface area contributed by atoms with Crippen LogP contribution in [-0.2, 0) is 6.54 Å². The van der Waals surface area contributed by atoms with Crippen LogP contribution < -0.4 is 5.73 Å². The van der Waals surface area contributed by atoms with Crippen molar-refractivity contribution in [3.05, 3.63) is 58.8 Å². The summed E-state index contributed by atoms with van der Waals surface area (Å²) in [5, 5.41) is 1.66. The van der Waals surface area contributed by atoms with E-state index in [0.717, 1.165) is 28.6 Å². The molecule has 0 aliphatic heterocycles. The fourth-order valence-electron chi connectivity index (χ4n) is 1.76. The van der Waals surface area contributed by atoms with Gasteiger partial charge in [-0.1, -0.05) is 36.0 Å². The lowest BCUT2D eigenvalue weighted by Crippen LogP contribution is -1.98. The van der Waals surface area contributed by atoms with Gasteiger partial charge in [-0.05, 0) is 29.3 Å². The Morgan fingerprint density at radius 1 is 1.19 bits per heavy atom. The van der Waals surface area contributed by atoms with Crippen molar-refractivity contribution in [2.45, 2.75) is 6.54 Å². The molecule has 1 heterocycles. The lowest BCUT2D eigenvalue weighted by Gasteiger charge is -1.99. The smallest absolute Gasteiger partial charge is 0.343 e. The van der Waals surface area contributed by atoms with E-state index in [1.54, 1.807) is 0 Å². The molecule has 108 valence electrons. The summed E-state index contributed by atoms with van der Waals surface area (Å²) in [6, 6.07) is 9.62. The molecule has 0 unspecified atom stereocenters. The van der Waals surface area contributed by atoms with Crippen molar-refractivity contribution in [3.8, 4) is 0 Å². The third kappa shape index (κ3) is 4.92. The molecule has 2 rings (SSSR count). The van der Waals surface area contributed by atoms with Crippen molar-refractivity contribution in [1.29, 1.82) is 0 Å². The zero-order chi connectivity index (χ0) is 15.1. The van der Waals surface area contributed by atoms with Gasteiger partial charge in [0.2, 0.25) is 0 Å². The Morgan fingerprint density at radius 2 is 1.90 bits per heavy atom. The minimum absolute atomic E-state index is 0.528. The summed E-state index contributed by atoms with van der Waals surface area (Å²) in [5.74, 6) is 0.528. The summed E-state index contributed by atoms with van der Waals surface area (Å²) in [5.41, 5.74) is 8.53. The summed E-state index contributed by atoms with van der Waals surface area (Å²) in [6.07, 6.45) is 7.93. The van der Waals surface area contributed by atoms with Gasteiger partial charge >= 0.3 is 5.24 Å². The summed E-state index contributed by atoms with van der Waals surface area (Å²) >= 11 is 0.923. The van der Waals surface area contributed by atoms with Crippen LogP contribution in [0.2, 0.25) is 0 Å². The number of anilines is 1. The van der Waals surface area contributed by atoms with E-state index in [1.165, 1.54) is 0 Å². The molecule has 0 aliphatic carbocycles. The minimum atomic E-state index is -0.675. The molecule has 5 nitrogen and oxygen atoms in total. The predicted molar refractivity (Wildman–Crippen MR) is 87.9 cm³/mol. The Bertz CT molecular complexity index is 647. The van der Waals surface area contributed by atoms with Crippen molar-refractivity contribution in [3.63, 3.8) is 0 Å². The standard InChI is InChI=1S/C15H15N3O2S/c16-14-5-3-12(4-6-14)1-2-13-7-8-18(11-13)9-10-21-15(19)17-20/h1-8,11H,9-10,16H2/b2-1+. The molecular weight excluding hydrogens is 286 g/mol. The summed E-state index contributed by atoms with van der Waals surface area (Å²) in [4.78, 5) is 20.7. The Kier molecular flexibility index (Phi) is 5.34. The van der Waals surface area contributed by atoms with Crippen molar-refractivity contribution >= 4 is 34.8 Å². The van der Waals surface area contributed by atoms with E-state index in [9.17, 15) is 9.70 Å². The molecular formula is C15H15N3O2S. The predicted octanol–water partition coefficient (Wildman–Crippen LogP) is 3.86. The van der Waals surface area contributed by atoms with E-state index in [2.05, 4.69) is 5.18 Å². The molecule has 0 atom stereocenters. The number of amides is 1. The van der Waals surface area contributed by atoms with Crippen molar-refractivity contribution in [2.24, 2.45) is 5.18 Å². The molecule has 0 saturated carbocycles.